The first-order valence-corrected chi connectivity index (χ1v) is 9.46. The second-order valence-corrected chi connectivity index (χ2v) is 7.26. The molecule has 2 aliphatic rings. The van der Waals surface area contributed by atoms with Crippen LogP contribution in [0.3, 0.4) is 0 Å². The SMILES string of the molecule is COCCN1CCN(CC(=O)Nc2ccnn2C2CCCC2)C[C@H]1C. The molecule has 2 heterocycles. The van der Waals surface area contributed by atoms with Crippen LogP contribution in [0, 0.1) is 0 Å². The van der Waals surface area contributed by atoms with Crippen molar-refractivity contribution in [3.8, 4) is 0 Å². The number of rotatable bonds is 7. The van der Waals surface area contributed by atoms with Crippen LogP contribution in [0.1, 0.15) is 38.6 Å². The fraction of sp³-hybridized carbons (Fsp3) is 0.778. The number of carbonyl (C=O) groups excluding carboxylic acids is 1. The van der Waals surface area contributed by atoms with Crippen molar-refractivity contribution in [3.63, 3.8) is 0 Å². The first-order chi connectivity index (χ1) is 12.2. The van der Waals surface area contributed by atoms with Crippen molar-refractivity contribution in [1.82, 2.24) is 19.6 Å². The molecule has 7 heteroatoms. The van der Waals surface area contributed by atoms with E-state index >= 15 is 0 Å². The molecule has 1 N–H and O–H groups in total. The van der Waals surface area contributed by atoms with E-state index < -0.39 is 0 Å². The van der Waals surface area contributed by atoms with Crippen LogP contribution in [0.15, 0.2) is 12.3 Å². The molecule has 0 bridgehead atoms. The number of amides is 1. The van der Waals surface area contributed by atoms with E-state index in [1.807, 2.05) is 10.7 Å². The minimum Gasteiger partial charge on any atom is -0.383 e. The van der Waals surface area contributed by atoms with Crippen LogP contribution >= 0.6 is 0 Å². The molecule has 25 heavy (non-hydrogen) atoms. The van der Waals surface area contributed by atoms with Gasteiger partial charge in [0, 0.05) is 45.4 Å². The largest absolute Gasteiger partial charge is 0.383 e. The Hall–Kier alpha value is -1.44. The van der Waals surface area contributed by atoms with Crippen LogP contribution in [0.4, 0.5) is 5.82 Å². The fourth-order valence-electron chi connectivity index (χ4n) is 3.99. The molecular formula is C18H31N5O2. The third kappa shape index (κ3) is 4.80. The van der Waals surface area contributed by atoms with Crippen LogP contribution in [-0.2, 0) is 9.53 Å². The molecule has 1 atom stereocenters. The number of anilines is 1. The van der Waals surface area contributed by atoms with Crippen LogP contribution in [0.5, 0.6) is 0 Å². The molecule has 1 amide bonds. The van der Waals surface area contributed by atoms with Crippen molar-refractivity contribution >= 4 is 11.7 Å². The topological polar surface area (TPSA) is 62.6 Å². The maximum absolute atomic E-state index is 12.5. The van der Waals surface area contributed by atoms with Gasteiger partial charge >= 0.3 is 0 Å². The Kier molecular flexibility index (Phi) is 6.45. The van der Waals surface area contributed by atoms with E-state index in [9.17, 15) is 4.79 Å². The van der Waals surface area contributed by atoms with Gasteiger partial charge in [0.05, 0.1) is 25.4 Å². The predicted octanol–water partition coefficient (Wildman–Crippen LogP) is 1.59. The highest BCUT2D eigenvalue weighted by atomic mass is 16.5. The Balaban J connectivity index is 1.48. The first-order valence-electron chi connectivity index (χ1n) is 9.46. The smallest absolute Gasteiger partial charge is 0.239 e. The summed E-state index contributed by atoms with van der Waals surface area (Å²) in [5, 5.41) is 7.48. The highest BCUT2D eigenvalue weighted by Gasteiger charge is 2.25. The second kappa shape index (κ2) is 8.78. The average molecular weight is 349 g/mol. The minimum atomic E-state index is 0.0530. The molecule has 0 aromatic carbocycles. The van der Waals surface area contributed by atoms with Crippen molar-refractivity contribution < 1.29 is 9.53 Å². The number of aromatic nitrogens is 2. The maximum atomic E-state index is 12.5. The van der Waals surface area contributed by atoms with Gasteiger partial charge in [-0.1, -0.05) is 12.8 Å². The molecular weight excluding hydrogens is 318 g/mol. The van der Waals surface area contributed by atoms with Gasteiger partial charge in [0.15, 0.2) is 0 Å². The standard InChI is InChI=1S/C18H31N5O2/c1-15-13-21(9-10-22(15)11-12-25-2)14-18(24)20-17-7-8-19-23(17)16-5-3-4-6-16/h7-8,15-16H,3-6,9-14H2,1-2H3,(H,20,24)/t15-/m1/s1. The van der Waals surface area contributed by atoms with Crippen molar-refractivity contribution in [2.24, 2.45) is 0 Å². The van der Waals surface area contributed by atoms with Crippen LogP contribution in [-0.4, -0.2) is 78.0 Å². The zero-order chi connectivity index (χ0) is 17.6. The summed E-state index contributed by atoms with van der Waals surface area (Å²) < 4.78 is 7.16. The summed E-state index contributed by atoms with van der Waals surface area (Å²) in [6.07, 6.45) is 6.61. The van der Waals surface area contributed by atoms with Crippen LogP contribution < -0.4 is 5.32 Å². The van der Waals surface area contributed by atoms with E-state index in [1.54, 1.807) is 13.3 Å². The van der Waals surface area contributed by atoms with Crippen molar-refractivity contribution in [2.45, 2.75) is 44.7 Å². The minimum absolute atomic E-state index is 0.0530. The Morgan fingerprint density at radius 3 is 2.88 bits per heavy atom. The molecule has 0 unspecified atom stereocenters. The lowest BCUT2D eigenvalue weighted by Gasteiger charge is -2.39. The summed E-state index contributed by atoms with van der Waals surface area (Å²) in [5.41, 5.74) is 0. The number of methoxy groups -OCH3 is 1. The van der Waals surface area contributed by atoms with Crippen molar-refractivity contribution in [2.75, 3.05) is 51.8 Å². The van der Waals surface area contributed by atoms with Crippen LogP contribution in [0.2, 0.25) is 0 Å². The van der Waals surface area contributed by atoms with Gasteiger partial charge in [0.25, 0.3) is 0 Å². The lowest BCUT2D eigenvalue weighted by atomic mass is 10.2. The molecule has 2 fully saturated rings. The third-order valence-corrected chi connectivity index (χ3v) is 5.41. The second-order valence-electron chi connectivity index (χ2n) is 7.26. The summed E-state index contributed by atoms with van der Waals surface area (Å²) >= 11 is 0. The van der Waals surface area contributed by atoms with E-state index in [1.165, 1.54) is 12.8 Å². The lowest BCUT2D eigenvalue weighted by molar-refractivity contribution is -0.118. The molecule has 1 aliphatic carbocycles. The Bertz CT molecular complexity index is 555. The Morgan fingerprint density at radius 2 is 2.16 bits per heavy atom. The van der Waals surface area contributed by atoms with Gasteiger partial charge < -0.3 is 10.1 Å². The molecule has 1 aliphatic heterocycles. The summed E-state index contributed by atoms with van der Waals surface area (Å²) in [6.45, 7) is 7.20. The normalized spacial score (nSPS) is 23.2. The van der Waals surface area contributed by atoms with Gasteiger partial charge in [-0.3, -0.25) is 14.6 Å². The molecule has 1 aromatic heterocycles. The van der Waals surface area contributed by atoms with Crippen molar-refractivity contribution in [1.29, 1.82) is 0 Å². The van der Waals surface area contributed by atoms with E-state index in [2.05, 4.69) is 27.1 Å². The van der Waals surface area contributed by atoms with E-state index in [0.717, 1.165) is 51.4 Å². The molecule has 1 saturated heterocycles. The lowest BCUT2D eigenvalue weighted by Crippen LogP contribution is -2.54. The van der Waals surface area contributed by atoms with E-state index in [0.29, 0.717) is 18.6 Å². The highest BCUT2D eigenvalue weighted by molar-refractivity contribution is 5.91. The van der Waals surface area contributed by atoms with Gasteiger partial charge in [-0.2, -0.15) is 5.10 Å². The van der Waals surface area contributed by atoms with Gasteiger partial charge in [-0.25, -0.2) is 4.68 Å². The molecule has 1 saturated carbocycles. The molecule has 1 aromatic rings. The first kappa shape index (κ1) is 18.4. The van der Waals surface area contributed by atoms with Gasteiger partial charge in [0.1, 0.15) is 5.82 Å². The summed E-state index contributed by atoms with van der Waals surface area (Å²) in [5.74, 6) is 0.890. The molecule has 7 nitrogen and oxygen atoms in total. The average Bonchev–Trinajstić information content (AvgIpc) is 3.25. The Labute approximate surface area is 150 Å². The summed E-state index contributed by atoms with van der Waals surface area (Å²) in [6, 6.07) is 2.79. The zero-order valence-corrected chi connectivity index (χ0v) is 15.5. The number of hydrogen-bond donors (Lipinski definition) is 1. The van der Waals surface area contributed by atoms with E-state index in [-0.39, 0.29) is 5.91 Å². The maximum Gasteiger partial charge on any atom is 0.239 e. The highest BCUT2D eigenvalue weighted by Crippen LogP contribution is 2.31. The van der Waals surface area contributed by atoms with E-state index in [4.69, 9.17) is 4.74 Å². The molecule has 3 rings (SSSR count). The molecule has 0 spiro atoms. The molecule has 140 valence electrons. The number of piperazine rings is 1. The third-order valence-electron chi connectivity index (χ3n) is 5.41. The monoisotopic (exact) mass is 349 g/mol. The predicted molar refractivity (Wildman–Crippen MR) is 97.7 cm³/mol. The fourth-order valence-corrected chi connectivity index (χ4v) is 3.99. The van der Waals surface area contributed by atoms with Gasteiger partial charge in [-0.15, -0.1) is 0 Å². The van der Waals surface area contributed by atoms with Gasteiger partial charge in [-0.05, 0) is 19.8 Å². The summed E-state index contributed by atoms with van der Waals surface area (Å²) in [4.78, 5) is 17.1. The number of nitrogens with one attached hydrogen (secondary N) is 1. The summed E-state index contributed by atoms with van der Waals surface area (Å²) in [7, 11) is 1.74. The molecule has 0 radical (unpaired) electrons. The van der Waals surface area contributed by atoms with Crippen molar-refractivity contribution in [3.05, 3.63) is 12.3 Å². The number of ether oxygens (including phenoxy) is 1. The quantitative estimate of drug-likeness (QED) is 0.810. The Morgan fingerprint density at radius 1 is 1.36 bits per heavy atom. The van der Waals surface area contributed by atoms with Gasteiger partial charge in [0.2, 0.25) is 5.91 Å². The number of carbonyl (C=O) groups is 1. The van der Waals surface area contributed by atoms with Crippen LogP contribution in [0.25, 0.3) is 0 Å². The zero-order valence-electron chi connectivity index (χ0n) is 15.5. The number of hydrogen-bond acceptors (Lipinski definition) is 5. The number of nitrogens with zero attached hydrogens (tertiary/aromatic N) is 4.